The number of benzene rings is 1. The van der Waals surface area contributed by atoms with Gasteiger partial charge in [-0.3, -0.25) is 0 Å². The van der Waals surface area contributed by atoms with Crippen LogP contribution in [0.2, 0.25) is 0 Å². The van der Waals surface area contributed by atoms with E-state index in [1.807, 2.05) is 30.0 Å². The van der Waals surface area contributed by atoms with Gasteiger partial charge in [-0.25, -0.2) is 9.36 Å². The summed E-state index contributed by atoms with van der Waals surface area (Å²) in [5.41, 5.74) is -0.476. The molecule has 0 amide bonds. The van der Waals surface area contributed by atoms with Crippen molar-refractivity contribution in [3.05, 3.63) is 35.9 Å². The van der Waals surface area contributed by atoms with E-state index in [0.29, 0.717) is 18.3 Å². The van der Waals surface area contributed by atoms with Gasteiger partial charge < -0.3 is 18.9 Å². The third kappa shape index (κ3) is 19.3. The zero-order valence-electron chi connectivity index (χ0n) is 25.5. The van der Waals surface area contributed by atoms with Crippen LogP contribution in [-0.2, 0) is 25.2 Å². The molecule has 8 heteroatoms. The second-order valence-corrected chi connectivity index (χ2v) is 13.8. The molecule has 0 heterocycles. The van der Waals surface area contributed by atoms with Crippen LogP contribution in [0.4, 0.5) is 4.79 Å². The van der Waals surface area contributed by atoms with E-state index in [1.165, 1.54) is 95.6 Å². The van der Waals surface area contributed by atoms with Crippen molar-refractivity contribution in [3.8, 4) is 0 Å². The molecule has 1 aromatic carbocycles. The fraction of sp³-hybridized carbons (Fsp3) is 0.781. The van der Waals surface area contributed by atoms with Gasteiger partial charge >= 0.3 is 13.3 Å². The van der Waals surface area contributed by atoms with Crippen LogP contribution in [0.1, 0.15) is 129 Å². The summed E-state index contributed by atoms with van der Waals surface area (Å²) in [6, 6.07) is 9.03. The number of rotatable bonds is 27. The Morgan fingerprint density at radius 2 is 1.40 bits per heavy atom. The Bertz CT molecular complexity index is 778. The molecule has 3 atom stereocenters. The Morgan fingerprint density at radius 3 is 2.02 bits per heavy atom. The number of thioether (sulfide) groups is 1. The van der Waals surface area contributed by atoms with Crippen molar-refractivity contribution in [2.75, 3.05) is 19.0 Å². The summed E-state index contributed by atoms with van der Waals surface area (Å²) < 4.78 is 28.3. The molecule has 0 aliphatic rings. The third-order valence-corrected chi connectivity index (χ3v) is 9.76. The minimum absolute atomic E-state index is 0.0335. The maximum atomic E-state index is 12.2. The van der Waals surface area contributed by atoms with Gasteiger partial charge in [0.15, 0.2) is 0 Å². The lowest BCUT2D eigenvalue weighted by molar-refractivity contribution is 0.0535. The quantitative estimate of drug-likeness (QED) is 0.0794. The Labute approximate surface area is 249 Å². The number of ether oxygens (including phenoxy) is 2. The maximum Gasteiger partial charge on any atom is 0.435 e. The van der Waals surface area contributed by atoms with Crippen LogP contribution in [0.3, 0.4) is 0 Å². The first-order valence-electron chi connectivity index (χ1n) is 15.8. The van der Waals surface area contributed by atoms with Gasteiger partial charge in [0.05, 0.1) is 12.7 Å². The van der Waals surface area contributed by atoms with Gasteiger partial charge in [0.25, 0.3) is 0 Å². The van der Waals surface area contributed by atoms with Crippen molar-refractivity contribution >= 4 is 25.1 Å². The summed E-state index contributed by atoms with van der Waals surface area (Å²) in [5.74, 6) is 1.17. The van der Waals surface area contributed by atoms with Crippen LogP contribution in [0, 0.1) is 0 Å². The lowest BCUT2D eigenvalue weighted by atomic mass is 10.1. The van der Waals surface area contributed by atoms with Crippen LogP contribution in [0.5, 0.6) is 0 Å². The molecule has 0 radical (unpaired) electrons. The van der Waals surface area contributed by atoms with Crippen LogP contribution >= 0.6 is 19.4 Å². The van der Waals surface area contributed by atoms with E-state index >= 15 is 0 Å². The molecule has 1 aromatic rings. The highest BCUT2D eigenvalue weighted by atomic mass is 32.2. The molecule has 1 rings (SSSR count). The molecular weight excluding hydrogens is 543 g/mol. The molecule has 0 aromatic heterocycles. The standard InChI is InChI=1S/C32H57O6PS/c1-4-6-8-10-11-12-13-15-20-27-40-31(24-19-14-9-7-5-2)29(3)36-25-21-26-38-39(34,35)32(33)37-28-30-22-17-16-18-23-30/h16-18,22-23,29,31H,4-15,19-21,24-28H2,1-3H3,(H,34,35). The molecule has 0 spiro atoms. The van der Waals surface area contributed by atoms with E-state index in [4.69, 9.17) is 14.0 Å². The first-order valence-corrected chi connectivity index (χ1v) is 18.4. The minimum Gasteiger partial charge on any atom is -0.452 e. The van der Waals surface area contributed by atoms with Gasteiger partial charge in [-0.1, -0.05) is 128 Å². The number of hydrogen-bond acceptors (Lipinski definition) is 6. The first kappa shape index (κ1) is 37.2. The maximum absolute atomic E-state index is 12.2. The van der Waals surface area contributed by atoms with Crippen molar-refractivity contribution in [1.29, 1.82) is 0 Å². The zero-order valence-corrected chi connectivity index (χ0v) is 27.2. The highest BCUT2D eigenvalue weighted by Crippen LogP contribution is 2.44. The molecule has 1 N–H and O–H groups in total. The van der Waals surface area contributed by atoms with Crippen LogP contribution in [0.15, 0.2) is 30.3 Å². The van der Waals surface area contributed by atoms with E-state index in [-0.39, 0.29) is 19.3 Å². The highest BCUT2D eigenvalue weighted by Gasteiger charge is 2.32. The largest absolute Gasteiger partial charge is 0.452 e. The zero-order chi connectivity index (χ0) is 29.3. The predicted molar refractivity (Wildman–Crippen MR) is 169 cm³/mol. The van der Waals surface area contributed by atoms with Gasteiger partial charge in [0.1, 0.15) is 6.61 Å². The van der Waals surface area contributed by atoms with E-state index in [2.05, 4.69) is 20.8 Å². The molecule has 40 heavy (non-hydrogen) atoms. The summed E-state index contributed by atoms with van der Waals surface area (Å²) in [7, 11) is -4.48. The Balaban J connectivity index is 2.29. The lowest BCUT2D eigenvalue weighted by Gasteiger charge is -2.24. The Morgan fingerprint density at radius 1 is 0.825 bits per heavy atom. The molecule has 0 saturated heterocycles. The fourth-order valence-electron chi connectivity index (χ4n) is 4.53. The summed E-state index contributed by atoms with van der Waals surface area (Å²) >= 11 is 2.04. The Kier molecular flexibility index (Phi) is 23.0. The number of hydrogen-bond donors (Lipinski definition) is 1. The lowest BCUT2D eigenvalue weighted by Crippen LogP contribution is -2.25. The highest BCUT2D eigenvalue weighted by molar-refractivity contribution is 7.99. The molecule has 0 aliphatic carbocycles. The van der Waals surface area contributed by atoms with E-state index in [9.17, 15) is 14.3 Å². The SMILES string of the molecule is CCCCCCCCCCCSC(CCCCCCC)C(C)OCCCOP(=O)(O)C(=O)OCc1ccccc1. The van der Waals surface area contributed by atoms with Crippen molar-refractivity contribution < 1.29 is 28.3 Å². The van der Waals surface area contributed by atoms with Crippen LogP contribution in [-0.4, -0.2) is 40.9 Å². The van der Waals surface area contributed by atoms with Crippen molar-refractivity contribution in [1.82, 2.24) is 0 Å². The predicted octanol–water partition coefficient (Wildman–Crippen LogP) is 10.3. The van der Waals surface area contributed by atoms with Crippen LogP contribution in [0.25, 0.3) is 0 Å². The van der Waals surface area contributed by atoms with Crippen molar-refractivity contribution in [3.63, 3.8) is 0 Å². The molecular formula is C32H57O6PS. The molecule has 6 nitrogen and oxygen atoms in total. The van der Waals surface area contributed by atoms with E-state index in [0.717, 1.165) is 12.0 Å². The monoisotopic (exact) mass is 600 g/mol. The van der Waals surface area contributed by atoms with Crippen molar-refractivity contribution in [2.45, 2.75) is 141 Å². The van der Waals surface area contributed by atoms with Gasteiger partial charge in [0.2, 0.25) is 0 Å². The minimum atomic E-state index is -4.48. The normalized spacial score (nSPS) is 14.5. The number of carbonyl (C=O) groups is 1. The van der Waals surface area contributed by atoms with Crippen molar-refractivity contribution in [2.24, 2.45) is 0 Å². The van der Waals surface area contributed by atoms with E-state index in [1.54, 1.807) is 12.1 Å². The molecule has 0 saturated carbocycles. The second-order valence-electron chi connectivity index (χ2n) is 10.8. The Hall–Kier alpha value is -0.850. The fourth-order valence-corrected chi connectivity index (χ4v) is 6.59. The molecule has 3 unspecified atom stereocenters. The average Bonchev–Trinajstić information content (AvgIpc) is 2.95. The second kappa shape index (κ2) is 24.7. The number of carbonyl (C=O) groups excluding carboxylic acids is 1. The molecule has 0 fully saturated rings. The number of unbranched alkanes of at least 4 members (excludes halogenated alkanes) is 12. The molecule has 0 aliphatic heterocycles. The van der Waals surface area contributed by atoms with Gasteiger partial charge in [-0.15, -0.1) is 0 Å². The average molecular weight is 601 g/mol. The van der Waals surface area contributed by atoms with Gasteiger partial charge in [-0.2, -0.15) is 11.8 Å². The summed E-state index contributed by atoms with van der Waals surface area (Å²) in [4.78, 5) is 22.0. The van der Waals surface area contributed by atoms with Gasteiger partial charge in [0, 0.05) is 11.9 Å². The van der Waals surface area contributed by atoms with Gasteiger partial charge in [-0.05, 0) is 37.5 Å². The smallest absolute Gasteiger partial charge is 0.435 e. The molecule has 232 valence electrons. The van der Waals surface area contributed by atoms with E-state index < -0.39 is 13.3 Å². The third-order valence-electron chi connectivity index (χ3n) is 7.07. The van der Waals surface area contributed by atoms with Crippen LogP contribution < -0.4 is 0 Å². The summed E-state index contributed by atoms with van der Waals surface area (Å²) in [6.07, 6.45) is 20.2. The summed E-state index contributed by atoms with van der Waals surface area (Å²) in [6.45, 7) is 6.97. The summed E-state index contributed by atoms with van der Waals surface area (Å²) in [5, 5.41) is 0.452. The first-order chi connectivity index (χ1) is 19.4. The topological polar surface area (TPSA) is 82.1 Å². The molecule has 0 bridgehead atoms.